The minimum Gasteiger partial charge on any atom is -0.461 e. The Bertz CT molecular complexity index is 1210. The largest absolute Gasteiger partial charge is 0.461 e. The summed E-state index contributed by atoms with van der Waals surface area (Å²) in [4.78, 5) is 35.5. The van der Waals surface area contributed by atoms with E-state index in [9.17, 15) is 14.9 Å². The molecule has 1 saturated heterocycles. The summed E-state index contributed by atoms with van der Waals surface area (Å²) in [6.07, 6.45) is 5.55. The highest BCUT2D eigenvalue weighted by Crippen LogP contribution is 2.23. The maximum absolute atomic E-state index is 13.1. The number of benzene rings is 1. The van der Waals surface area contributed by atoms with Crippen LogP contribution >= 0.6 is 11.3 Å². The van der Waals surface area contributed by atoms with Crippen LogP contribution in [-0.2, 0) is 9.59 Å². The van der Waals surface area contributed by atoms with E-state index in [0.29, 0.717) is 23.8 Å². The van der Waals surface area contributed by atoms with E-state index in [0.717, 1.165) is 29.6 Å². The molecule has 1 aliphatic heterocycles. The number of hydrogen-bond donors (Lipinski definition) is 3. The average molecular weight is 466 g/mol. The van der Waals surface area contributed by atoms with Crippen LogP contribution < -0.4 is 16.0 Å². The first-order valence-electron chi connectivity index (χ1n) is 10.5. The van der Waals surface area contributed by atoms with Gasteiger partial charge >= 0.3 is 0 Å². The van der Waals surface area contributed by atoms with Gasteiger partial charge in [-0.25, -0.2) is 9.98 Å². The number of carbonyl (C=O) groups excluding carboxylic acids is 2. The Morgan fingerprint density at radius 1 is 1.36 bits per heavy atom. The highest BCUT2D eigenvalue weighted by Gasteiger charge is 2.28. The molecule has 2 amide bonds. The van der Waals surface area contributed by atoms with Gasteiger partial charge in [-0.3, -0.25) is 14.9 Å². The summed E-state index contributed by atoms with van der Waals surface area (Å²) in [6, 6.07) is 6.73. The maximum atomic E-state index is 13.1. The normalized spacial score (nSPS) is 16.8. The number of hydrogen-bond acceptors (Lipinski definition) is 7. The van der Waals surface area contributed by atoms with Gasteiger partial charge in [0.2, 0.25) is 17.8 Å². The molecule has 1 aromatic carbocycles. The number of likely N-dealkylation sites (tertiary alicyclic amines) is 1. The van der Waals surface area contributed by atoms with Crippen LogP contribution in [0.5, 0.6) is 0 Å². The average Bonchev–Trinajstić information content (AvgIpc) is 3.38. The summed E-state index contributed by atoms with van der Waals surface area (Å²) in [5, 5.41) is 20.6. The molecule has 33 heavy (non-hydrogen) atoms. The fourth-order valence-electron chi connectivity index (χ4n) is 3.67. The molecular formula is C22H23N7O3S. The Morgan fingerprint density at radius 3 is 3.03 bits per heavy atom. The SMILES string of the molecule is Cc1cc2cc(NC(=NC3CCCCN(CC(=O)Nc4nccs4)C3=O)NC#N)ccc2o1. The first-order valence-corrected chi connectivity index (χ1v) is 11.4. The van der Waals surface area contributed by atoms with E-state index in [1.165, 1.54) is 16.2 Å². The lowest BCUT2D eigenvalue weighted by molar-refractivity contribution is -0.135. The molecule has 0 saturated carbocycles. The number of thiazole rings is 1. The molecule has 170 valence electrons. The summed E-state index contributed by atoms with van der Waals surface area (Å²) >= 11 is 1.31. The summed E-state index contributed by atoms with van der Waals surface area (Å²) in [6.45, 7) is 2.27. The molecule has 0 spiro atoms. The van der Waals surface area contributed by atoms with Crippen molar-refractivity contribution in [1.29, 1.82) is 5.26 Å². The van der Waals surface area contributed by atoms with Crippen molar-refractivity contribution in [2.45, 2.75) is 32.2 Å². The second-order valence-corrected chi connectivity index (χ2v) is 8.50. The summed E-state index contributed by atoms with van der Waals surface area (Å²) in [5.74, 6) is 0.417. The van der Waals surface area contributed by atoms with Gasteiger partial charge in [0, 0.05) is 29.2 Å². The topological polar surface area (TPSA) is 136 Å². The Hall–Kier alpha value is -3.91. The van der Waals surface area contributed by atoms with Gasteiger partial charge in [0.15, 0.2) is 11.3 Å². The third-order valence-electron chi connectivity index (χ3n) is 5.13. The predicted octanol–water partition coefficient (Wildman–Crippen LogP) is 3.06. The number of nitriles is 1. The van der Waals surface area contributed by atoms with Crippen LogP contribution in [0.3, 0.4) is 0 Å². The van der Waals surface area contributed by atoms with Crippen molar-refractivity contribution in [2.75, 3.05) is 23.7 Å². The minimum atomic E-state index is -0.705. The fourth-order valence-corrected chi connectivity index (χ4v) is 4.22. The van der Waals surface area contributed by atoms with E-state index in [4.69, 9.17) is 4.42 Å². The predicted molar refractivity (Wildman–Crippen MR) is 126 cm³/mol. The van der Waals surface area contributed by atoms with Crippen molar-refractivity contribution >= 4 is 50.9 Å². The molecule has 3 aromatic rings. The number of carbonyl (C=O) groups is 2. The number of aliphatic imine (C=N–C) groups is 1. The molecular weight excluding hydrogens is 442 g/mol. The van der Waals surface area contributed by atoms with E-state index >= 15 is 0 Å². The quantitative estimate of drug-likeness (QED) is 0.228. The van der Waals surface area contributed by atoms with Crippen LogP contribution in [0.25, 0.3) is 11.0 Å². The molecule has 10 nitrogen and oxygen atoms in total. The number of aromatic nitrogens is 1. The van der Waals surface area contributed by atoms with Gasteiger partial charge in [-0.15, -0.1) is 11.3 Å². The second-order valence-electron chi connectivity index (χ2n) is 7.61. The summed E-state index contributed by atoms with van der Waals surface area (Å²) < 4.78 is 5.59. The van der Waals surface area contributed by atoms with Crippen LogP contribution in [0, 0.1) is 18.4 Å². The number of aryl methyl sites for hydroxylation is 1. The number of anilines is 2. The molecule has 0 bridgehead atoms. The van der Waals surface area contributed by atoms with Crippen molar-refractivity contribution in [3.8, 4) is 6.19 Å². The van der Waals surface area contributed by atoms with Crippen molar-refractivity contribution in [1.82, 2.24) is 15.2 Å². The van der Waals surface area contributed by atoms with Crippen molar-refractivity contribution < 1.29 is 14.0 Å². The molecule has 3 heterocycles. The van der Waals surface area contributed by atoms with Gasteiger partial charge in [-0.05, 0) is 50.5 Å². The second kappa shape index (κ2) is 10.1. The van der Waals surface area contributed by atoms with Gasteiger partial charge in [-0.1, -0.05) is 0 Å². The first kappa shape index (κ1) is 22.3. The number of fused-ring (bicyclic) bond motifs is 1. The third-order valence-corrected chi connectivity index (χ3v) is 5.82. The Labute approximate surface area is 194 Å². The molecule has 1 unspecified atom stereocenters. The minimum absolute atomic E-state index is 0.0740. The van der Waals surface area contributed by atoms with E-state index in [1.807, 2.05) is 37.4 Å². The Kier molecular flexibility index (Phi) is 6.85. The van der Waals surface area contributed by atoms with Gasteiger partial charge < -0.3 is 20.0 Å². The molecule has 0 aliphatic carbocycles. The summed E-state index contributed by atoms with van der Waals surface area (Å²) in [5.41, 5.74) is 1.46. The van der Waals surface area contributed by atoms with Crippen LogP contribution in [0.4, 0.5) is 10.8 Å². The third kappa shape index (κ3) is 5.67. The van der Waals surface area contributed by atoms with Gasteiger partial charge in [0.25, 0.3) is 0 Å². The van der Waals surface area contributed by atoms with E-state index < -0.39 is 6.04 Å². The summed E-state index contributed by atoms with van der Waals surface area (Å²) in [7, 11) is 0. The van der Waals surface area contributed by atoms with E-state index in [1.54, 1.807) is 11.6 Å². The van der Waals surface area contributed by atoms with Crippen LogP contribution in [0.15, 0.2) is 45.3 Å². The highest BCUT2D eigenvalue weighted by atomic mass is 32.1. The lowest BCUT2D eigenvalue weighted by atomic mass is 10.1. The number of nitrogens with zero attached hydrogens (tertiary/aromatic N) is 4. The van der Waals surface area contributed by atoms with Gasteiger partial charge in [-0.2, -0.15) is 5.26 Å². The molecule has 0 radical (unpaired) electrons. The van der Waals surface area contributed by atoms with Crippen LogP contribution in [0.2, 0.25) is 0 Å². The molecule has 1 aliphatic rings. The zero-order valence-corrected chi connectivity index (χ0v) is 18.8. The smallest absolute Gasteiger partial charge is 0.247 e. The lowest BCUT2D eigenvalue weighted by Crippen LogP contribution is -2.43. The molecule has 4 rings (SSSR count). The molecule has 1 fully saturated rings. The fraction of sp³-hybridized carbons (Fsp3) is 0.318. The van der Waals surface area contributed by atoms with Crippen molar-refractivity contribution in [2.24, 2.45) is 4.99 Å². The van der Waals surface area contributed by atoms with E-state index in [2.05, 4.69) is 25.9 Å². The number of guanidine groups is 1. The van der Waals surface area contributed by atoms with Crippen molar-refractivity contribution in [3.63, 3.8) is 0 Å². The zero-order chi connectivity index (χ0) is 23.2. The van der Waals surface area contributed by atoms with E-state index in [-0.39, 0.29) is 24.3 Å². The first-order chi connectivity index (χ1) is 16.0. The maximum Gasteiger partial charge on any atom is 0.247 e. The lowest BCUT2D eigenvalue weighted by Gasteiger charge is -2.22. The zero-order valence-electron chi connectivity index (χ0n) is 18.0. The van der Waals surface area contributed by atoms with Gasteiger partial charge in [0.1, 0.15) is 17.4 Å². The molecule has 11 heteroatoms. The molecule has 3 N–H and O–H groups in total. The standard InChI is InChI=1S/C22H23N7O3S/c1-14-10-15-11-16(5-6-18(15)32-14)26-21(25-13-23)27-17-4-2-3-8-29(20(17)31)12-19(30)28-22-24-7-9-33-22/h5-7,9-11,17H,2-4,8,12H2,1H3,(H,24,28,30)(H2,25,26,27). The number of amides is 2. The molecule has 2 aromatic heterocycles. The number of rotatable bonds is 5. The van der Waals surface area contributed by atoms with Crippen LogP contribution in [0.1, 0.15) is 25.0 Å². The highest BCUT2D eigenvalue weighted by molar-refractivity contribution is 7.13. The van der Waals surface area contributed by atoms with Gasteiger partial charge in [0.05, 0.1) is 6.54 Å². The van der Waals surface area contributed by atoms with Crippen LogP contribution in [-0.4, -0.2) is 46.8 Å². The molecule has 1 atom stereocenters. The Morgan fingerprint density at radius 2 is 2.24 bits per heavy atom. The number of nitrogens with one attached hydrogen (secondary N) is 3. The monoisotopic (exact) mass is 465 g/mol. The van der Waals surface area contributed by atoms with Crippen molar-refractivity contribution in [3.05, 3.63) is 41.6 Å². The Balaban J connectivity index is 1.48. The number of furan rings is 1.